The number of hydrogen-bond donors (Lipinski definition) is 4. The van der Waals surface area contributed by atoms with Crippen LogP contribution in [0.5, 0.6) is 0 Å². The van der Waals surface area contributed by atoms with Crippen molar-refractivity contribution in [2.45, 2.75) is 160 Å². The molecular weight excluding hydrogens is 584 g/mol. The van der Waals surface area contributed by atoms with Gasteiger partial charge in [0.05, 0.1) is 6.61 Å². The van der Waals surface area contributed by atoms with Crippen molar-refractivity contribution in [1.82, 2.24) is 0 Å². The largest absolute Gasteiger partial charge is 0.462 e. The summed E-state index contributed by atoms with van der Waals surface area (Å²) in [6.45, 7) is 3.42. The minimum Gasteiger partial charge on any atom is -0.462 e. The van der Waals surface area contributed by atoms with Gasteiger partial charge in [-0.1, -0.05) is 97.3 Å². The second kappa shape index (κ2) is 23.1. The van der Waals surface area contributed by atoms with E-state index in [-0.39, 0.29) is 19.4 Å². The highest BCUT2D eigenvalue weighted by Gasteiger charge is 2.46. The van der Waals surface area contributed by atoms with Gasteiger partial charge in [0.2, 0.25) is 0 Å². The Morgan fingerprint density at radius 2 is 1.21 bits per heavy atom. The van der Waals surface area contributed by atoms with Crippen molar-refractivity contribution in [2.24, 2.45) is 0 Å². The van der Waals surface area contributed by atoms with Gasteiger partial charge in [-0.05, 0) is 12.8 Å². The first-order valence-electron chi connectivity index (χ1n) is 16.1. The van der Waals surface area contributed by atoms with E-state index < -0.39 is 71.2 Å². The topological polar surface area (TPSA) is 186 Å². The van der Waals surface area contributed by atoms with Crippen molar-refractivity contribution in [3.05, 3.63) is 0 Å². The molecule has 1 saturated heterocycles. The molecule has 0 aromatic carbocycles. The number of carbonyl (C=O) groups is 2. The van der Waals surface area contributed by atoms with Gasteiger partial charge in [0, 0.05) is 12.8 Å². The molecule has 1 aliphatic heterocycles. The molecule has 0 spiro atoms. The first-order valence-corrected chi connectivity index (χ1v) is 17.7. The van der Waals surface area contributed by atoms with E-state index in [0.29, 0.717) is 12.8 Å². The van der Waals surface area contributed by atoms with Crippen molar-refractivity contribution in [3.63, 3.8) is 0 Å². The molecule has 1 rings (SSSR count). The summed E-state index contributed by atoms with van der Waals surface area (Å²) >= 11 is 0. The Balaban J connectivity index is 2.42. The van der Waals surface area contributed by atoms with Crippen molar-refractivity contribution in [3.8, 4) is 0 Å². The first kappa shape index (κ1) is 39.7. The van der Waals surface area contributed by atoms with Gasteiger partial charge in [-0.15, -0.1) is 0 Å². The minimum atomic E-state index is -4.58. The van der Waals surface area contributed by atoms with Crippen LogP contribution in [-0.2, 0) is 38.7 Å². The van der Waals surface area contributed by atoms with Crippen LogP contribution < -0.4 is 0 Å². The van der Waals surface area contributed by atoms with E-state index >= 15 is 0 Å². The van der Waals surface area contributed by atoms with Crippen molar-refractivity contribution < 1.29 is 56.8 Å². The van der Waals surface area contributed by atoms with E-state index in [4.69, 9.17) is 23.5 Å². The molecule has 13 heteroatoms. The van der Waals surface area contributed by atoms with E-state index in [0.717, 1.165) is 25.7 Å². The summed E-state index contributed by atoms with van der Waals surface area (Å²) in [5.74, 6) is -2.02. The summed E-state index contributed by atoms with van der Waals surface area (Å²) in [5, 5.41) is 30.3. The standard InChI is InChI=1S/C30H56O12S/c1-3-5-7-8-9-10-11-12-13-14-15-16-17-19-25(31)39-20-23(41-26(32)18-6-4-2)21-40-30-29(35)28(34)27(33)24(42-30)22-43(36,37)38/h23-24,27-30,33-35H,3-22H2,1-2H3,(H,36,37,38)/t23-,24-,27-,28+,29-,30-/m1/s1. The highest BCUT2D eigenvalue weighted by molar-refractivity contribution is 7.85. The molecule has 6 atom stereocenters. The molecule has 0 amide bonds. The zero-order valence-corrected chi connectivity index (χ0v) is 26.9. The smallest absolute Gasteiger partial charge is 0.306 e. The first-order chi connectivity index (χ1) is 20.5. The molecule has 0 aliphatic carbocycles. The van der Waals surface area contributed by atoms with Crippen LogP contribution in [0.1, 0.15) is 123 Å². The van der Waals surface area contributed by atoms with Crippen molar-refractivity contribution in [1.29, 1.82) is 0 Å². The third kappa shape index (κ3) is 18.9. The average molecular weight is 641 g/mol. The lowest BCUT2D eigenvalue weighted by atomic mass is 10.00. The fraction of sp³-hybridized carbons (Fsp3) is 0.933. The zero-order chi connectivity index (χ0) is 32.1. The molecule has 0 bridgehead atoms. The molecule has 1 fully saturated rings. The number of unbranched alkanes of at least 4 members (excludes halogenated alkanes) is 13. The number of carbonyl (C=O) groups excluding carboxylic acids is 2. The van der Waals surface area contributed by atoms with Crippen LogP contribution in [-0.4, -0.2) is 96.0 Å². The number of ether oxygens (including phenoxy) is 4. The van der Waals surface area contributed by atoms with E-state index in [2.05, 4.69) is 6.92 Å². The number of aliphatic hydroxyl groups excluding tert-OH is 3. The summed E-state index contributed by atoms with van der Waals surface area (Å²) in [4.78, 5) is 24.5. The highest BCUT2D eigenvalue weighted by Crippen LogP contribution is 2.23. The fourth-order valence-electron chi connectivity index (χ4n) is 4.83. The number of aliphatic hydroxyl groups is 3. The number of esters is 2. The zero-order valence-electron chi connectivity index (χ0n) is 26.1. The molecule has 0 aromatic heterocycles. The molecule has 254 valence electrons. The van der Waals surface area contributed by atoms with Crippen LogP contribution >= 0.6 is 0 Å². The van der Waals surface area contributed by atoms with Gasteiger partial charge in [-0.3, -0.25) is 14.1 Å². The van der Waals surface area contributed by atoms with E-state index in [9.17, 15) is 33.3 Å². The third-order valence-corrected chi connectivity index (χ3v) is 8.19. The SMILES string of the molecule is CCCCCCCCCCCCCCCC(=O)OC[C@H](CO[C@@H]1O[C@H](CS(=O)(=O)O)[C@@H](O)[C@H](O)[C@H]1O)OC(=O)CCCC. The van der Waals surface area contributed by atoms with E-state index in [1.165, 1.54) is 57.8 Å². The van der Waals surface area contributed by atoms with Crippen LogP contribution in [0.15, 0.2) is 0 Å². The maximum absolute atomic E-state index is 12.3. The molecule has 0 unspecified atom stereocenters. The Labute approximate surface area is 257 Å². The van der Waals surface area contributed by atoms with Crippen LogP contribution in [0.25, 0.3) is 0 Å². The van der Waals surface area contributed by atoms with Gasteiger partial charge in [0.25, 0.3) is 10.1 Å². The van der Waals surface area contributed by atoms with Crippen LogP contribution in [0.2, 0.25) is 0 Å². The molecule has 12 nitrogen and oxygen atoms in total. The van der Waals surface area contributed by atoms with Gasteiger partial charge in [-0.2, -0.15) is 8.42 Å². The van der Waals surface area contributed by atoms with Crippen molar-refractivity contribution in [2.75, 3.05) is 19.0 Å². The summed E-state index contributed by atoms with van der Waals surface area (Å²) < 4.78 is 53.0. The van der Waals surface area contributed by atoms with Crippen LogP contribution in [0.4, 0.5) is 0 Å². The quantitative estimate of drug-likeness (QED) is 0.0643. The average Bonchev–Trinajstić information content (AvgIpc) is 2.95. The molecular formula is C30H56O12S. The summed E-state index contributed by atoms with van der Waals surface area (Å²) in [5.41, 5.74) is 0. The second-order valence-electron chi connectivity index (χ2n) is 11.5. The summed E-state index contributed by atoms with van der Waals surface area (Å²) in [7, 11) is -4.58. The van der Waals surface area contributed by atoms with Gasteiger partial charge in [0.15, 0.2) is 12.4 Å². The van der Waals surface area contributed by atoms with E-state index in [1.807, 2.05) is 6.92 Å². The molecule has 4 N–H and O–H groups in total. The minimum absolute atomic E-state index is 0.143. The van der Waals surface area contributed by atoms with E-state index in [1.54, 1.807) is 0 Å². The van der Waals surface area contributed by atoms with Gasteiger partial charge < -0.3 is 34.3 Å². The second-order valence-corrected chi connectivity index (χ2v) is 13.0. The Morgan fingerprint density at radius 3 is 1.74 bits per heavy atom. The molecule has 0 radical (unpaired) electrons. The number of hydrogen-bond acceptors (Lipinski definition) is 11. The van der Waals surface area contributed by atoms with Gasteiger partial charge >= 0.3 is 11.9 Å². The highest BCUT2D eigenvalue weighted by atomic mass is 32.2. The Bertz CT molecular complexity index is 852. The molecule has 43 heavy (non-hydrogen) atoms. The molecule has 1 heterocycles. The fourth-order valence-corrected chi connectivity index (χ4v) is 5.52. The maximum Gasteiger partial charge on any atom is 0.306 e. The van der Waals surface area contributed by atoms with Gasteiger partial charge in [0.1, 0.15) is 36.8 Å². The van der Waals surface area contributed by atoms with Crippen LogP contribution in [0.3, 0.4) is 0 Å². The third-order valence-electron chi connectivity index (χ3n) is 7.44. The Hall–Kier alpha value is -1.35. The Morgan fingerprint density at radius 1 is 0.698 bits per heavy atom. The molecule has 0 saturated carbocycles. The lowest BCUT2D eigenvalue weighted by molar-refractivity contribution is -0.297. The van der Waals surface area contributed by atoms with Gasteiger partial charge in [-0.25, -0.2) is 0 Å². The maximum atomic E-state index is 12.3. The van der Waals surface area contributed by atoms with Crippen molar-refractivity contribution >= 4 is 22.1 Å². The Kier molecular flexibility index (Phi) is 21.3. The lowest BCUT2D eigenvalue weighted by Gasteiger charge is -2.40. The molecule has 0 aromatic rings. The number of rotatable bonds is 25. The molecule has 1 aliphatic rings. The lowest BCUT2D eigenvalue weighted by Crippen LogP contribution is -2.60. The monoisotopic (exact) mass is 640 g/mol. The summed E-state index contributed by atoms with van der Waals surface area (Å²) in [6, 6.07) is 0. The normalized spacial score (nSPS) is 23.2. The predicted molar refractivity (Wildman–Crippen MR) is 160 cm³/mol. The van der Waals surface area contributed by atoms with Crippen LogP contribution in [0, 0.1) is 0 Å². The predicted octanol–water partition coefficient (Wildman–Crippen LogP) is 3.82. The summed E-state index contributed by atoms with van der Waals surface area (Å²) in [6.07, 6.45) is 7.56.